The highest BCUT2D eigenvalue weighted by Crippen LogP contribution is 2.20. The average molecular weight is 360 g/mol. The molecule has 0 aromatic carbocycles. The fourth-order valence-corrected chi connectivity index (χ4v) is 2.81. The normalized spacial score (nSPS) is 10.4. The van der Waals surface area contributed by atoms with Crippen molar-refractivity contribution in [2.45, 2.75) is 13.3 Å². The van der Waals surface area contributed by atoms with Crippen LogP contribution in [0.4, 0.5) is 16.6 Å². The zero-order valence-electron chi connectivity index (χ0n) is 12.8. The van der Waals surface area contributed by atoms with E-state index in [-0.39, 0.29) is 12.3 Å². The van der Waals surface area contributed by atoms with Gasteiger partial charge >= 0.3 is 0 Å². The molecule has 0 saturated heterocycles. The minimum Gasteiger partial charge on any atom is -0.324 e. The molecule has 0 bridgehead atoms. The molecule has 3 heterocycles. The monoisotopic (exact) mass is 359 g/mol. The number of carbonyl (C=O) groups excluding carboxylic acids is 1. The highest BCUT2D eigenvalue weighted by molar-refractivity contribution is 7.13. The van der Waals surface area contributed by atoms with Crippen molar-refractivity contribution in [3.05, 3.63) is 58.4 Å². The first-order valence-corrected chi connectivity index (χ1v) is 8.40. The summed E-state index contributed by atoms with van der Waals surface area (Å²) in [5.41, 5.74) is 2.40. The number of nitrogens with zero attached hydrogens (tertiary/aromatic N) is 3. The van der Waals surface area contributed by atoms with Gasteiger partial charge in [0.2, 0.25) is 5.91 Å². The number of anilines is 3. The van der Waals surface area contributed by atoms with Gasteiger partial charge in [0.15, 0.2) is 5.13 Å². The van der Waals surface area contributed by atoms with Crippen molar-refractivity contribution in [3.63, 3.8) is 0 Å². The maximum atomic E-state index is 12.0. The summed E-state index contributed by atoms with van der Waals surface area (Å²) in [5.74, 6) is 0.567. The van der Waals surface area contributed by atoms with Crippen LogP contribution < -0.4 is 10.6 Å². The van der Waals surface area contributed by atoms with E-state index in [4.69, 9.17) is 11.6 Å². The molecule has 0 radical (unpaired) electrons. The number of rotatable bonds is 5. The molecule has 0 fully saturated rings. The topological polar surface area (TPSA) is 79.8 Å². The van der Waals surface area contributed by atoms with Gasteiger partial charge in [-0.15, -0.1) is 11.3 Å². The molecule has 8 heteroatoms. The van der Waals surface area contributed by atoms with E-state index in [9.17, 15) is 4.79 Å². The summed E-state index contributed by atoms with van der Waals surface area (Å²) in [6.07, 6.45) is 3.43. The second kappa shape index (κ2) is 7.37. The van der Waals surface area contributed by atoms with Gasteiger partial charge in [0.05, 0.1) is 24.0 Å². The van der Waals surface area contributed by atoms with E-state index in [1.54, 1.807) is 18.3 Å². The van der Waals surface area contributed by atoms with Crippen molar-refractivity contribution in [2.24, 2.45) is 0 Å². The van der Waals surface area contributed by atoms with Gasteiger partial charge in [0.25, 0.3) is 0 Å². The zero-order chi connectivity index (χ0) is 16.9. The Morgan fingerprint density at radius 2 is 2.17 bits per heavy atom. The summed E-state index contributed by atoms with van der Waals surface area (Å²) >= 11 is 7.14. The number of aromatic nitrogens is 3. The molecule has 3 aromatic heterocycles. The fraction of sp³-hybridized carbons (Fsp3) is 0.125. The number of nitrogens with one attached hydrogen (secondary N) is 2. The Kier molecular flexibility index (Phi) is 5.02. The van der Waals surface area contributed by atoms with E-state index in [1.807, 2.05) is 24.4 Å². The van der Waals surface area contributed by atoms with Crippen LogP contribution in [0.15, 0.2) is 42.0 Å². The predicted octanol–water partition coefficient (Wildman–Crippen LogP) is 3.82. The average Bonchev–Trinajstić information content (AvgIpc) is 2.96. The molecule has 6 nitrogen and oxygen atoms in total. The smallest absolute Gasteiger partial charge is 0.230 e. The highest BCUT2D eigenvalue weighted by atomic mass is 35.5. The van der Waals surface area contributed by atoms with Crippen LogP contribution in [0.5, 0.6) is 0 Å². The summed E-state index contributed by atoms with van der Waals surface area (Å²) in [5, 5.41) is 8.82. The lowest BCUT2D eigenvalue weighted by Gasteiger charge is -2.03. The molecule has 0 spiro atoms. The van der Waals surface area contributed by atoms with Crippen molar-refractivity contribution in [3.8, 4) is 0 Å². The number of halogens is 1. The number of aryl methyl sites for hydroxylation is 1. The molecule has 1 amide bonds. The van der Waals surface area contributed by atoms with Crippen LogP contribution in [-0.4, -0.2) is 20.9 Å². The molecular weight excluding hydrogens is 346 g/mol. The largest absolute Gasteiger partial charge is 0.324 e. The van der Waals surface area contributed by atoms with Crippen molar-refractivity contribution >= 4 is 45.5 Å². The molecule has 0 saturated carbocycles. The Labute approximate surface area is 148 Å². The fourth-order valence-electron chi connectivity index (χ4n) is 1.98. The van der Waals surface area contributed by atoms with Crippen molar-refractivity contribution in [2.75, 3.05) is 10.6 Å². The van der Waals surface area contributed by atoms with E-state index in [2.05, 4.69) is 25.6 Å². The molecule has 2 N–H and O–H groups in total. The van der Waals surface area contributed by atoms with E-state index in [0.29, 0.717) is 21.7 Å². The molecule has 0 unspecified atom stereocenters. The van der Waals surface area contributed by atoms with Crippen molar-refractivity contribution in [1.29, 1.82) is 0 Å². The SMILES string of the molecule is Cc1ccnc(Nc2nc(CC(=O)Nc3ccc(Cl)nc3)cs2)c1. The van der Waals surface area contributed by atoms with Gasteiger partial charge < -0.3 is 10.6 Å². The number of hydrogen-bond acceptors (Lipinski definition) is 6. The van der Waals surface area contributed by atoms with Crippen LogP contribution in [0.25, 0.3) is 0 Å². The summed E-state index contributed by atoms with van der Waals surface area (Å²) in [4.78, 5) is 24.6. The standard InChI is InChI=1S/C16H14ClN5OS/c1-10-4-5-18-14(6-10)22-16-21-12(9-24-16)7-15(23)20-11-2-3-13(17)19-8-11/h2-6,8-9H,7H2,1H3,(H,20,23)(H,18,21,22). The van der Waals surface area contributed by atoms with Crippen molar-refractivity contribution < 1.29 is 4.79 Å². The first-order valence-electron chi connectivity index (χ1n) is 7.14. The van der Waals surface area contributed by atoms with E-state index in [0.717, 1.165) is 11.4 Å². The van der Waals surface area contributed by atoms with Gasteiger partial charge in [0, 0.05) is 11.6 Å². The molecule has 24 heavy (non-hydrogen) atoms. The zero-order valence-corrected chi connectivity index (χ0v) is 14.4. The number of carbonyl (C=O) groups is 1. The van der Waals surface area contributed by atoms with Gasteiger partial charge in [-0.2, -0.15) is 0 Å². The Bertz CT molecular complexity index is 850. The Morgan fingerprint density at radius 1 is 1.29 bits per heavy atom. The van der Waals surface area contributed by atoms with Gasteiger partial charge in [-0.25, -0.2) is 15.0 Å². The maximum Gasteiger partial charge on any atom is 0.230 e. The van der Waals surface area contributed by atoms with Gasteiger partial charge in [-0.3, -0.25) is 4.79 Å². The summed E-state index contributed by atoms with van der Waals surface area (Å²) < 4.78 is 0. The lowest BCUT2D eigenvalue weighted by Crippen LogP contribution is -2.14. The Balaban J connectivity index is 1.59. The van der Waals surface area contributed by atoms with Gasteiger partial charge in [-0.05, 0) is 36.8 Å². The third-order valence-corrected chi connectivity index (χ3v) is 4.09. The Morgan fingerprint density at radius 3 is 2.92 bits per heavy atom. The van der Waals surface area contributed by atoms with Gasteiger partial charge in [-0.1, -0.05) is 11.6 Å². The molecule has 0 atom stereocenters. The van der Waals surface area contributed by atoms with E-state index < -0.39 is 0 Å². The minimum absolute atomic E-state index is 0.162. The second-order valence-corrected chi connectivity index (χ2v) is 6.33. The summed E-state index contributed by atoms with van der Waals surface area (Å²) in [6, 6.07) is 7.18. The lowest BCUT2D eigenvalue weighted by atomic mass is 10.3. The lowest BCUT2D eigenvalue weighted by molar-refractivity contribution is -0.115. The third kappa shape index (κ3) is 4.50. The molecule has 0 aliphatic carbocycles. The number of hydrogen-bond donors (Lipinski definition) is 2. The van der Waals surface area contributed by atoms with Crippen LogP contribution in [0.1, 0.15) is 11.3 Å². The first kappa shape index (κ1) is 16.4. The highest BCUT2D eigenvalue weighted by Gasteiger charge is 2.09. The molecular formula is C16H14ClN5OS. The molecule has 0 aliphatic rings. The minimum atomic E-state index is -0.162. The predicted molar refractivity (Wildman–Crippen MR) is 96.0 cm³/mol. The molecule has 3 aromatic rings. The number of thiazole rings is 1. The van der Waals surface area contributed by atoms with Crippen LogP contribution in [0.3, 0.4) is 0 Å². The first-order chi connectivity index (χ1) is 11.6. The maximum absolute atomic E-state index is 12.0. The van der Waals surface area contributed by atoms with Crippen molar-refractivity contribution in [1.82, 2.24) is 15.0 Å². The summed E-state index contributed by atoms with van der Waals surface area (Å²) in [6.45, 7) is 2.00. The van der Waals surface area contributed by atoms with Crippen LogP contribution in [0.2, 0.25) is 5.15 Å². The van der Waals surface area contributed by atoms with E-state index >= 15 is 0 Å². The molecule has 122 valence electrons. The van der Waals surface area contributed by atoms with E-state index in [1.165, 1.54) is 17.5 Å². The second-order valence-electron chi connectivity index (χ2n) is 5.08. The Hall–Kier alpha value is -2.51. The summed E-state index contributed by atoms with van der Waals surface area (Å²) in [7, 11) is 0. The van der Waals surface area contributed by atoms with Crippen LogP contribution in [0, 0.1) is 6.92 Å². The van der Waals surface area contributed by atoms with Crippen LogP contribution >= 0.6 is 22.9 Å². The third-order valence-electron chi connectivity index (χ3n) is 3.06. The van der Waals surface area contributed by atoms with Gasteiger partial charge in [0.1, 0.15) is 11.0 Å². The molecule has 0 aliphatic heterocycles. The number of pyridine rings is 2. The van der Waals surface area contributed by atoms with Crippen LogP contribution in [-0.2, 0) is 11.2 Å². The molecule has 3 rings (SSSR count). The quantitative estimate of drug-likeness (QED) is 0.677. The number of amides is 1.